The van der Waals surface area contributed by atoms with Gasteiger partial charge in [-0.3, -0.25) is 10.1 Å². The predicted molar refractivity (Wildman–Crippen MR) is 182 cm³/mol. The highest BCUT2D eigenvalue weighted by Gasteiger charge is 2.48. The van der Waals surface area contributed by atoms with Crippen LogP contribution in [-0.2, 0) is 23.2 Å². The third-order valence-electron chi connectivity index (χ3n) is 9.08. The Kier molecular flexibility index (Phi) is 8.52. The Bertz CT molecular complexity index is 1610. The smallest absolute Gasteiger partial charge is 0.325 e. The van der Waals surface area contributed by atoms with Gasteiger partial charge in [-0.25, -0.2) is 9.78 Å². The number of aromatic hydroxyl groups is 1. The molecule has 240 valence electrons. The van der Waals surface area contributed by atoms with Crippen LogP contribution in [0.2, 0.25) is 5.02 Å². The van der Waals surface area contributed by atoms with E-state index in [0.717, 1.165) is 60.0 Å². The number of para-hydroxylation sites is 2. The number of benzene rings is 2. The third-order valence-corrected chi connectivity index (χ3v) is 10.4. The van der Waals surface area contributed by atoms with Gasteiger partial charge in [-0.05, 0) is 55.6 Å². The topological polar surface area (TPSA) is 101 Å². The first kappa shape index (κ1) is 31.6. The largest absolute Gasteiger partial charge is 0.506 e. The number of phenolic OH excluding ortho intramolecular Hbond substituents is 1. The Balaban J connectivity index is 1.22. The van der Waals surface area contributed by atoms with Crippen molar-refractivity contribution in [3.8, 4) is 5.75 Å². The monoisotopic (exact) mass is 650 g/mol. The lowest BCUT2D eigenvalue weighted by molar-refractivity contribution is -0.135. The van der Waals surface area contributed by atoms with Crippen LogP contribution in [0.1, 0.15) is 63.6 Å². The van der Waals surface area contributed by atoms with Crippen molar-refractivity contribution in [1.82, 2.24) is 14.8 Å². The van der Waals surface area contributed by atoms with Crippen LogP contribution in [0.3, 0.4) is 0 Å². The molecule has 1 saturated heterocycles. The fraction of sp³-hybridized carbons (Fsp3) is 0.500. The number of fused-ring (bicyclic) bond motifs is 3. The number of hydrogen-bond donors (Lipinski definition) is 3. The molecule has 3 amide bonds. The Morgan fingerprint density at radius 2 is 1.82 bits per heavy atom. The molecule has 0 unspecified atom stereocenters. The van der Waals surface area contributed by atoms with Gasteiger partial charge in [0.05, 0.1) is 29.3 Å². The quantitative estimate of drug-likeness (QED) is 0.270. The molecule has 3 aliphatic rings. The average molecular weight is 651 g/mol. The standard InChI is InChI=1S/C34H43ClN6O3S/c1-21(2)30(43)40-15-12-24-27(18-40)45-32(37-24)38-31(44)36-23-8-6-7-9-25(23)41-20-34(28-22(35)10-11-26(42)29(28)41)13-16-39(17-14-34)19-33(3,4)5/h6-11,21,42H,12-20H2,1-5H3,(H2,36,37,38,44). The minimum absolute atomic E-state index is 0.0559. The van der Waals surface area contributed by atoms with E-state index in [1.807, 2.05) is 43.0 Å². The zero-order chi connectivity index (χ0) is 32.1. The SMILES string of the molecule is CC(C)C(=O)N1CCc2nc(NC(=O)Nc3ccccc3N3CC4(CCN(CC(C)(C)C)CC4)c4c(Cl)ccc(O)c43)sc2C1. The van der Waals surface area contributed by atoms with Crippen molar-refractivity contribution in [3.63, 3.8) is 0 Å². The summed E-state index contributed by atoms with van der Waals surface area (Å²) in [6.45, 7) is 15.4. The van der Waals surface area contributed by atoms with E-state index in [1.165, 1.54) is 11.3 Å². The average Bonchev–Trinajstić information content (AvgIpc) is 3.54. The van der Waals surface area contributed by atoms with Crippen LogP contribution < -0.4 is 15.5 Å². The van der Waals surface area contributed by atoms with Crippen molar-refractivity contribution < 1.29 is 14.7 Å². The maximum absolute atomic E-state index is 13.3. The molecule has 6 rings (SSSR count). The fourth-order valence-electron chi connectivity index (χ4n) is 7.09. The second-order valence-electron chi connectivity index (χ2n) is 14.1. The van der Waals surface area contributed by atoms with E-state index < -0.39 is 6.03 Å². The zero-order valence-electron chi connectivity index (χ0n) is 26.7. The van der Waals surface area contributed by atoms with Crippen LogP contribution in [0.15, 0.2) is 36.4 Å². The van der Waals surface area contributed by atoms with E-state index in [9.17, 15) is 14.7 Å². The van der Waals surface area contributed by atoms with E-state index >= 15 is 0 Å². The number of thiazole rings is 1. The molecule has 45 heavy (non-hydrogen) atoms. The molecule has 0 aliphatic carbocycles. The number of piperidine rings is 1. The second kappa shape index (κ2) is 12.1. The van der Waals surface area contributed by atoms with E-state index in [0.29, 0.717) is 41.9 Å². The maximum Gasteiger partial charge on any atom is 0.325 e. The first-order valence-electron chi connectivity index (χ1n) is 15.8. The van der Waals surface area contributed by atoms with Gasteiger partial charge in [-0.2, -0.15) is 0 Å². The van der Waals surface area contributed by atoms with Crippen LogP contribution in [0, 0.1) is 11.3 Å². The third kappa shape index (κ3) is 6.37. The summed E-state index contributed by atoms with van der Waals surface area (Å²) < 4.78 is 0. The summed E-state index contributed by atoms with van der Waals surface area (Å²) in [5.41, 5.74) is 4.07. The number of rotatable bonds is 5. The first-order valence-corrected chi connectivity index (χ1v) is 17.0. The molecule has 4 heterocycles. The summed E-state index contributed by atoms with van der Waals surface area (Å²) in [5.74, 6) is 0.256. The number of phenols is 1. The molecule has 1 fully saturated rings. The Labute approximate surface area is 274 Å². The number of amides is 3. The Morgan fingerprint density at radius 1 is 1.09 bits per heavy atom. The van der Waals surface area contributed by atoms with Crippen molar-refractivity contribution in [3.05, 3.63) is 57.6 Å². The van der Waals surface area contributed by atoms with E-state index in [-0.39, 0.29) is 28.4 Å². The minimum Gasteiger partial charge on any atom is -0.506 e. The highest BCUT2D eigenvalue weighted by Crippen LogP contribution is 2.56. The number of carbonyl (C=O) groups is 2. The molecule has 0 saturated carbocycles. The number of hydrogen-bond acceptors (Lipinski definition) is 7. The van der Waals surface area contributed by atoms with Crippen molar-refractivity contribution in [2.24, 2.45) is 11.3 Å². The van der Waals surface area contributed by atoms with Crippen LogP contribution in [-0.4, -0.2) is 64.6 Å². The van der Waals surface area contributed by atoms with E-state index in [1.54, 1.807) is 12.1 Å². The van der Waals surface area contributed by atoms with Crippen molar-refractivity contribution in [2.45, 2.75) is 65.8 Å². The lowest BCUT2D eigenvalue weighted by Crippen LogP contribution is -2.47. The zero-order valence-corrected chi connectivity index (χ0v) is 28.3. The van der Waals surface area contributed by atoms with Gasteiger partial charge in [0.15, 0.2) is 5.13 Å². The van der Waals surface area contributed by atoms with Crippen molar-refractivity contribution in [1.29, 1.82) is 0 Å². The molecule has 11 heteroatoms. The Morgan fingerprint density at radius 3 is 2.53 bits per heavy atom. The summed E-state index contributed by atoms with van der Waals surface area (Å²) in [6, 6.07) is 10.7. The number of urea groups is 1. The van der Waals surface area contributed by atoms with E-state index in [2.05, 4.69) is 46.2 Å². The van der Waals surface area contributed by atoms with Gasteiger partial charge >= 0.3 is 6.03 Å². The second-order valence-corrected chi connectivity index (χ2v) is 15.6. The summed E-state index contributed by atoms with van der Waals surface area (Å²) in [7, 11) is 0. The molecule has 3 aromatic rings. The molecule has 9 nitrogen and oxygen atoms in total. The number of carbonyl (C=O) groups excluding carboxylic acids is 2. The molecule has 3 N–H and O–H groups in total. The molecule has 2 aromatic carbocycles. The van der Waals surface area contributed by atoms with Gasteiger partial charge in [-0.1, -0.05) is 69.7 Å². The molecular formula is C34H43ClN6O3S. The highest BCUT2D eigenvalue weighted by molar-refractivity contribution is 7.15. The van der Waals surface area contributed by atoms with Crippen LogP contribution in [0.4, 0.5) is 27.0 Å². The Hall–Kier alpha value is -3.34. The number of nitrogens with one attached hydrogen (secondary N) is 2. The number of halogens is 1. The summed E-state index contributed by atoms with van der Waals surface area (Å²) in [6.07, 6.45) is 2.54. The van der Waals surface area contributed by atoms with E-state index in [4.69, 9.17) is 11.6 Å². The minimum atomic E-state index is -0.399. The number of anilines is 4. The van der Waals surface area contributed by atoms with Crippen LogP contribution >= 0.6 is 22.9 Å². The fourth-order valence-corrected chi connectivity index (χ4v) is 8.46. The number of nitrogens with zero attached hydrogens (tertiary/aromatic N) is 4. The molecule has 0 atom stereocenters. The number of likely N-dealkylation sites (tertiary alicyclic amines) is 1. The van der Waals surface area contributed by atoms with Gasteiger partial charge in [-0.15, -0.1) is 0 Å². The molecule has 0 radical (unpaired) electrons. The van der Waals surface area contributed by atoms with Crippen molar-refractivity contribution in [2.75, 3.05) is 48.3 Å². The molecule has 3 aliphatic heterocycles. The molecule has 1 spiro atoms. The van der Waals surface area contributed by atoms with Gasteiger partial charge in [0.25, 0.3) is 0 Å². The summed E-state index contributed by atoms with van der Waals surface area (Å²) >= 11 is 8.31. The highest BCUT2D eigenvalue weighted by atomic mass is 35.5. The van der Waals surface area contributed by atoms with Crippen LogP contribution in [0.25, 0.3) is 0 Å². The van der Waals surface area contributed by atoms with Gasteiger partial charge < -0.3 is 25.1 Å². The summed E-state index contributed by atoms with van der Waals surface area (Å²) in [4.78, 5) is 38.0. The van der Waals surface area contributed by atoms with Crippen LogP contribution in [0.5, 0.6) is 5.75 Å². The number of aromatic nitrogens is 1. The molecule has 0 bridgehead atoms. The lowest BCUT2D eigenvalue weighted by Gasteiger charge is -2.42. The maximum atomic E-state index is 13.3. The lowest BCUT2D eigenvalue weighted by atomic mass is 9.74. The molecular weight excluding hydrogens is 608 g/mol. The van der Waals surface area contributed by atoms with Gasteiger partial charge in [0, 0.05) is 52.9 Å². The first-order chi connectivity index (χ1) is 21.3. The normalized spacial score (nSPS) is 17.8. The van der Waals surface area contributed by atoms with Crippen molar-refractivity contribution >= 4 is 57.1 Å². The predicted octanol–water partition coefficient (Wildman–Crippen LogP) is 7.22. The van der Waals surface area contributed by atoms with Gasteiger partial charge in [0.1, 0.15) is 5.75 Å². The van der Waals surface area contributed by atoms with Gasteiger partial charge in [0.2, 0.25) is 5.91 Å². The summed E-state index contributed by atoms with van der Waals surface area (Å²) in [5, 5.41) is 18.3. The molecule has 1 aromatic heterocycles.